The molecule has 0 saturated heterocycles. The van der Waals surface area contributed by atoms with Gasteiger partial charge in [-0.2, -0.15) is 0 Å². The lowest BCUT2D eigenvalue weighted by Crippen LogP contribution is -2.01. The average molecular weight is 215 g/mol. The van der Waals surface area contributed by atoms with Crippen molar-refractivity contribution in [3.8, 4) is 0 Å². The third kappa shape index (κ3) is 2.39. The van der Waals surface area contributed by atoms with Gasteiger partial charge in [-0.3, -0.25) is 4.98 Å². The fraction of sp³-hybridized carbons (Fsp3) is 0.357. The minimum Gasteiger partial charge on any atom is -0.388 e. The zero-order valence-electron chi connectivity index (χ0n) is 9.72. The van der Waals surface area contributed by atoms with Crippen molar-refractivity contribution in [1.82, 2.24) is 4.98 Å². The topological polar surface area (TPSA) is 33.1 Å². The average Bonchev–Trinajstić information content (AvgIpc) is 2.27. The van der Waals surface area contributed by atoms with Gasteiger partial charge in [0.1, 0.15) is 0 Å². The zero-order chi connectivity index (χ0) is 11.5. The lowest BCUT2D eigenvalue weighted by Gasteiger charge is -2.13. The predicted molar refractivity (Wildman–Crippen MR) is 66.2 cm³/mol. The van der Waals surface area contributed by atoms with E-state index in [2.05, 4.69) is 18.8 Å². The first kappa shape index (κ1) is 11.1. The number of aromatic nitrogens is 1. The largest absolute Gasteiger partial charge is 0.388 e. The fourth-order valence-electron chi connectivity index (χ4n) is 1.88. The second-order valence-electron chi connectivity index (χ2n) is 4.60. The molecule has 0 aliphatic carbocycles. The van der Waals surface area contributed by atoms with Gasteiger partial charge in [-0.05, 0) is 36.1 Å². The highest BCUT2D eigenvalue weighted by atomic mass is 16.3. The Labute approximate surface area is 96.0 Å². The van der Waals surface area contributed by atoms with E-state index in [0.29, 0.717) is 5.92 Å². The summed E-state index contributed by atoms with van der Waals surface area (Å²) < 4.78 is 0. The van der Waals surface area contributed by atoms with Crippen LogP contribution in [-0.4, -0.2) is 10.1 Å². The number of benzene rings is 1. The molecule has 1 unspecified atom stereocenters. The number of aliphatic hydroxyl groups is 1. The Morgan fingerprint density at radius 1 is 1.25 bits per heavy atom. The molecule has 0 saturated carbocycles. The maximum absolute atomic E-state index is 10.0. The first-order valence-electron chi connectivity index (χ1n) is 5.69. The van der Waals surface area contributed by atoms with E-state index in [-0.39, 0.29) is 6.10 Å². The Kier molecular flexibility index (Phi) is 3.20. The molecule has 0 fully saturated rings. The van der Waals surface area contributed by atoms with Crippen molar-refractivity contribution < 1.29 is 5.11 Å². The normalized spacial score (nSPS) is 13.2. The van der Waals surface area contributed by atoms with Crippen molar-refractivity contribution in [2.75, 3.05) is 0 Å². The smallest absolute Gasteiger partial charge is 0.0792 e. The lowest BCUT2D eigenvalue weighted by atomic mass is 9.98. The number of hydrogen-bond donors (Lipinski definition) is 1. The summed E-state index contributed by atoms with van der Waals surface area (Å²) in [6.45, 7) is 4.23. The summed E-state index contributed by atoms with van der Waals surface area (Å²) in [6, 6.07) is 9.89. The maximum atomic E-state index is 10.0. The van der Waals surface area contributed by atoms with Gasteiger partial charge in [0.05, 0.1) is 11.6 Å². The Balaban J connectivity index is 2.32. The summed E-state index contributed by atoms with van der Waals surface area (Å²) >= 11 is 0. The van der Waals surface area contributed by atoms with Gasteiger partial charge in [0.2, 0.25) is 0 Å². The summed E-state index contributed by atoms with van der Waals surface area (Å²) in [5.74, 6) is 0.500. The molecule has 2 heteroatoms. The van der Waals surface area contributed by atoms with Gasteiger partial charge in [0.15, 0.2) is 0 Å². The molecule has 0 bridgehead atoms. The van der Waals surface area contributed by atoms with Gasteiger partial charge >= 0.3 is 0 Å². The van der Waals surface area contributed by atoms with Crippen LogP contribution in [-0.2, 0) is 0 Å². The molecule has 0 radical (unpaired) electrons. The number of aliphatic hydroxyl groups excluding tert-OH is 1. The van der Waals surface area contributed by atoms with E-state index in [0.717, 1.165) is 22.9 Å². The third-order valence-electron chi connectivity index (χ3n) is 2.71. The number of fused-ring (bicyclic) bond motifs is 1. The molecule has 2 rings (SSSR count). The summed E-state index contributed by atoms with van der Waals surface area (Å²) in [7, 11) is 0. The van der Waals surface area contributed by atoms with Crippen LogP contribution in [0.1, 0.15) is 31.9 Å². The maximum Gasteiger partial charge on any atom is 0.0792 e. The van der Waals surface area contributed by atoms with Gasteiger partial charge in [-0.25, -0.2) is 0 Å². The highest BCUT2D eigenvalue weighted by molar-refractivity contribution is 5.78. The molecule has 1 N–H and O–H groups in total. The minimum absolute atomic E-state index is 0.371. The molecule has 1 heterocycles. The molecule has 1 atom stereocenters. The van der Waals surface area contributed by atoms with E-state index < -0.39 is 0 Å². The molecular formula is C14H17NO. The summed E-state index contributed by atoms with van der Waals surface area (Å²) in [5, 5.41) is 11.1. The number of nitrogens with zero attached hydrogens (tertiary/aromatic N) is 1. The summed E-state index contributed by atoms with van der Waals surface area (Å²) in [4.78, 5) is 4.26. The van der Waals surface area contributed by atoms with Gasteiger partial charge in [-0.15, -0.1) is 0 Å². The first-order chi connectivity index (χ1) is 7.66. The monoisotopic (exact) mass is 215 g/mol. The van der Waals surface area contributed by atoms with Crippen LogP contribution in [0.2, 0.25) is 0 Å². The van der Waals surface area contributed by atoms with Crippen LogP contribution in [0.5, 0.6) is 0 Å². The first-order valence-corrected chi connectivity index (χ1v) is 5.69. The second kappa shape index (κ2) is 4.62. The van der Waals surface area contributed by atoms with Crippen LogP contribution in [0, 0.1) is 5.92 Å². The van der Waals surface area contributed by atoms with E-state index in [4.69, 9.17) is 0 Å². The predicted octanol–water partition coefficient (Wildman–Crippen LogP) is 3.31. The molecule has 0 aliphatic rings. The quantitative estimate of drug-likeness (QED) is 0.852. The van der Waals surface area contributed by atoms with Gasteiger partial charge in [0.25, 0.3) is 0 Å². The van der Waals surface area contributed by atoms with Crippen molar-refractivity contribution in [3.63, 3.8) is 0 Å². The molecule has 84 valence electrons. The SMILES string of the molecule is CC(C)CC(O)c1ccc2ncccc2c1. The molecule has 2 nitrogen and oxygen atoms in total. The van der Waals surface area contributed by atoms with Crippen LogP contribution < -0.4 is 0 Å². The Morgan fingerprint density at radius 2 is 2.06 bits per heavy atom. The van der Waals surface area contributed by atoms with Crippen molar-refractivity contribution in [1.29, 1.82) is 0 Å². The standard InChI is InChI=1S/C14H17NO/c1-10(2)8-14(16)12-5-6-13-11(9-12)4-3-7-15-13/h3-7,9-10,14,16H,8H2,1-2H3. The van der Waals surface area contributed by atoms with Crippen molar-refractivity contribution in [2.45, 2.75) is 26.4 Å². The van der Waals surface area contributed by atoms with Crippen LogP contribution in [0.4, 0.5) is 0 Å². The van der Waals surface area contributed by atoms with Crippen molar-refractivity contribution >= 4 is 10.9 Å². The van der Waals surface area contributed by atoms with Crippen molar-refractivity contribution in [3.05, 3.63) is 42.1 Å². The van der Waals surface area contributed by atoms with Crippen molar-refractivity contribution in [2.24, 2.45) is 5.92 Å². The number of rotatable bonds is 3. The zero-order valence-corrected chi connectivity index (χ0v) is 9.72. The molecule has 0 aliphatic heterocycles. The summed E-state index contributed by atoms with van der Waals surface area (Å²) in [5.41, 5.74) is 1.96. The summed E-state index contributed by atoms with van der Waals surface area (Å²) in [6.07, 6.45) is 2.21. The van der Waals surface area contributed by atoms with E-state index in [1.54, 1.807) is 6.20 Å². The molecule has 1 aromatic heterocycles. The van der Waals surface area contributed by atoms with Gasteiger partial charge in [0, 0.05) is 11.6 Å². The van der Waals surface area contributed by atoms with E-state index in [1.165, 1.54) is 0 Å². The van der Waals surface area contributed by atoms with Crippen LogP contribution >= 0.6 is 0 Å². The van der Waals surface area contributed by atoms with E-state index >= 15 is 0 Å². The highest BCUT2D eigenvalue weighted by Gasteiger charge is 2.10. The molecule has 16 heavy (non-hydrogen) atoms. The lowest BCUT2D eigenvalue weighted by molar-refractivity contribution is 0.151. The Hall–Kier alpha value is -1.41. The van der Waals surface area contributed by atoms with E-state index in [9.17, 15) is 5.11 Å². The van der Waals surface area contributed by atoms with Crippen LogP contribution in [0.25, 0.3) is 10.9 Å². The minimum atomic E-state index is -0.371. The highest BCUT2D eigenvalue weighted by Crippen LogP contribution is 2.23. The molecule has 1 aromatic carbocycles. The number of pyridine rings is 1. The van der Waals surface area contributed by atoms with Crippen LogP contribution in [0.15, 0.2) is 36.5 Å². The van der Waals surface area contributed by atoms with Gasteiger partial charge in [-0.1, -0.05) is 26.0 Å². The fourth-order valence-corrected chi connectivity index (χ4v) is 1.88. The van der Waals surface area contributed by atoms with Gasteiger partial charge < -0.3 is 5.11 Å². The molecule has 0 amide bonds. The second-order valence-corrected chi connectivity index (χ2v) is 4.60. The Morgan fingerprint density at radius 3 is 2.81 bits per heavy atom. The molecule has 2 aromatic rings. The number of hydrogen-bond acceptors (Lipinski definition) is 2. The van der Waals surface area contributed by atoms with E-state index in [1.807, 2.05) is 30.3 Å². The Bertz CT molecular complexity index is 479. The molecular weight excluding hydrogens is 198 g/mol. The third-order valence-corrected chi connectivity index (χ3v) is 2.71. The molecule has 0 spiro atoms. The van der Waals surface area contributed by atoms with Crippen LogP contribution in [0.3, 0.4) is 0 Å².